The quantitative estimate of drug-likeness (QED) is 0.864. The van der Waals surface area contributed by atoms with Gasteiger partial charge in [-0.1, -0.05) is 12.8 Å². The molecule has 1 saturated carbocycles. The van der Waals surface area contributed by atoms with E-state index in [1.165, 1.54) is 12.8 Å². The summed E-state index contributed by atoms with van der Waals surface area (Å²) in [6.45, 7) is 0. The molecule has 1 aliphatic rings. The van der Waals surface area contributed by atoms with E-state index in [1.807, 2.05) is 18.2 Å². The highest BCUT2D eigenvalue weighted by atomic mass is 16.4. The standard InChI is InChI=1S/C14H19N3O2/c1-17(12-5-3-2-4-10(12)15)9-6-7-13-11(8-9)16-14(18)19-13/h6-8,10,12H,2-5,15H2,1H3,(H,16,18). The Hall–Kier alpha value is -1.75. The zero-order valence-electron chi connectivity index (χ0n) is 11.1. The van der Waals surface area contributed by atoms with E-state index in [0.29, 0.717) is 11.6 Å². The number of nitrogens with zero attached hydrogens (tertiary/aromatic N) is 1. The number of likely N-dealkylation sites (N-methyl/N-ethyl adjacent to an activating group) is 1. The zero-order valence-corrected chi connectivity index (χ0v) is 11.1. The van der Waals surface area contributed by atoms with E-state index in [-0.39, 0.29) is 6.04 Å². The molecule has 5 nitrogen and oxygen atoms in total. The van der Waals surface area contributed by atoms with Crippen molar-refractivity contribution in [2.24, 2.45) is 5.73 Å². The molecule has 2 atom stereocenters. The lowest BCUT2D eigenvalue weighted by Gasteiger charge is -2.37. The van der Waals surface area contributed by atoms with Crippen molar-refractivity contribution in [1.82, 2.24) is 4.98 Å². The second-order valence-electron chi connectivity index (χ2n) is 5.32. The summed E-state index contributed by atoms with van der Waals surface area (Å²) in [6.07, 6.45) is 4.66. The van der Waals surface area contributed by atoms with E-state index >= 15 is 0 Å². The summed E-state index contributed by atoms with van der Waals surface area (Å²) in [7, 11) is 2.06. The van der Waals surface area contributed by atoms with Crippen LogP contribution < -0.4 is 16.4 Å². The van der Waals surface area contributed by atoms with Gasteiger partial charge in [0.1, 0.15) is 0 Å². The number of nitrogens with one attached hydrogen (secondary N) is 1. The highest BCUT2D eigenvalue weighted by Crippen LogP contribution is 2.27. The van der Waals surface area contributed by atoms with Gasteiger partial charge >= 0.3 is 5.76 Å². The van der Waals surface area contributed by atoms with Gasteiger partial charge in [-0.15, -0.1) is 0 Å². The smallest absolute Gasteiger partial charge is 0.408 e. The molecular formula is C14H19N3O2. The monoisotopic (exact) mass is 261 g/mol. The maximum Gasteiger partial charge on any atom is 0.417 e. The minimum absolute atomic E-state index is 0.220. The molecule has 3 N–H and O–H groups in total. The van der Waals surface area contributed by atoms with Crippen LogP contribution in [0.5, 0.6) is 0 Å². The lowest BCUT2D eigenvalue weighted by molar-refractivity contribution is 0.374. The van der Waals surface area contributed by atoms with Crippen molar-refractivity contribution < 1.29 is 4.42 Å². The molecule has 2 aromatic rings. The van der Waals surface area contributed by atoms with Gasteiger partial charge in [0, 0.05) is 24.8 Å². The van der Waals surface area contributed by atoms with Gasteiger partial charge in [-0.2, -0.15) is 0 Å². The van der Waals surface area contributed by atoms with Crippen LogP contribution in [0.1, 0.15) is 25.7 Å². The summed E-state index contributed by atoms with van der Waals surface area (Å²) in [4.78, 5) is 16.1. The first kappa shape index (κ1) is 12.3. The van der Waals surface area contributed by atoms with Gasteiger partial charge in [0.05, 0.1) is 5.52 Å². The van der Waals surface area contributed by atoms with Crippen LogP contribution in [-0.2, 0) is 0 Å². The molecule has 0 amide bonds. The van der Waals surface area contributed by atoms with Gasteiger partial charge in [0.2, 0.25) is 0 Å². The number of hydrogen-bond acceptors (Lipinski definition) is 4. The van der Waals surface area contributed by atoms with E-state index in [9.17, 15) is 4.79 Å². The van der Waals surface area contributed by atoms with E-state index in [4.69, 9.17) is 10.2 Å². The molecule has 2 unspecified atom stereocenters. The lowest BCUT2D eigenvalue weighted by atomic mass is 9.90. The number of anilines is 1. The van der Waals surface area contributed by atoms with Gasteiger partial charge in [-0.3, -0.25) is 4.98 Å². The van der Waals surface area contributed by atoms with Gasteiger partial charge in [-0.05, 0) is 31.0 Å². The molecule has 1 fully saturated rings. The summed E-state index contributed by atoms with van der Waals surface area (Å²) >= 11 is 0. The first-order chi connectivity index (χ1) is 9.15. The van der Waals surface area contributed by atoms with Crippen molar-refractivity contribution in [2.45, 2.75) is 37.8 Å². The van der Waals surface area contributed by atoms with Crippen molar-refractivity contribution in [3.05, 3.63) is 28.7 Å². The second-order valence-corrected chi connectivity index (χ2v) is 5.32. The normalized spacial score (nSPS) is 23.7. The summed E-state index contributed by atoms with van der Waals surface area (Å²) in [5.74, 6) is -0.413. The molecule has 5 heteroatoms. The molecule has 1 aromatic carbocycles. The van der Waals surface area contributed by atoms with Gasteiger partial charge < -0.3 is 15.1 Å². The largest absolute Gasteiger partial charge is 0.417 e. The van der Waals surface area contributed by atoms with Crippen molar-refractivity contribution >= 4 is 16.8 Å². The molecule has 1 heterocycles. The Kier molecular flexibility index (Phi) is 3.06. The number of hydrogen-bond donors (Lipinski definition) is 2. The Balaban J connectivity index is 1.91. The van der Waals surface area contributed by atoms with E-state index in [2.05, 4.69) is 16.9 Å². The molecular weight excluding hydrogens is 242 g/mol. The third-order valence-electron chi connectivity index (χ3n) is 4.09. The number of aromatic amines is 1. The summed E-state index contributed by atoms with van der Waals surface area (Å²) in [6, 6.07) is 6.33. The fourth-order valence-corrected chi connectivity index (χ4v) is 2.97. The highest BCUT2D eigenvalue weighted by Gasteiger charge is 2.25. The maximum absolute atomic E-state index is 11.2. The fraction of sp³-hybridized carbons (Fsp3) is 0.500. The van der Waals surface area contributed by atoms with Crippen LogP contribution in [0, 0.1) is 0 Å². The van der Waals surface area contributed by atoms with E-state index in [1.54, 1.807) is 0 Å². The third-order valence-corrected chi connectivity index (χ3v) is 4.09. The molecule has 0 saturated heterocycles. The highest BCUT2D eigenvalue weighted by molar-refractivity contribution is 5.77. The van der Waals surface area contributed by atoms with Crippen molar-refractivity contribution in [1.29, 1.82) is 0 Å². The molecule has 102 valence electrons. The summed E-state index contributed by atoms with van der Waals surface area (Å²) in [5.41, 5.74) is 8.61. The van der Waals surface area contributed by atoms with Gasteiger partial charge in [0.15, 0.2) is 5.58 Å². The predicted octanol–water partition coefficient (Wildman–Crippen LogP) is 1.83. The average Bonchev–Trinajstić information content (AvgIpc) is 2.77. The number of H-pyrrole nitrogens is 1. The Morgan fingerprint density at radius 2 is 2.16 bits per heavy atom. The molecule has 1 aromatic heterocycles. The van der Waals surface area contributed by atoms with Crippen LogP contribution >= 0.6 is 0 Å². The third kappa shape index (κ3) is 2.26. The number of benzene rings is 1. The van der Waals surface area contributed by atoms with Crippen LogP contribution in [0.4, 0.5) is 5.69 Å². The van der Waals surface area contributed by atoms with Crippen LogP contribution in [-0.4, -0.2) is 24.1 Å². The number of oxazole rings is 1. The Bertz CT molecular complexity index is 631. The summed E-state index contributed by atoms with van der Waals surface area (Å²) in [5, 5.41) is 0. The van der Waals surface area contributed by atoms with Crippen LogP contribution in [0.3, 0.4) is 0 Å². The predicted molar refractivity (Wildman–Crippen MR) is 75.5 cm³/mol. The lowest BCUT2D eigenvalue weighted by Crippen LogP contribution is -2.48. The van der Waals surface area contributed by atoms with Crippen molar-refractivity contribution in [2.75, 3.05) is 11.9 Å². The number of aromatic nitrogens is 1. The SMILES string of the molecule is CN(c1ccc2oc(=O)[nH]c2c1)C1CCCCC1N. The molecule has 0 radical (unpaired) electrons. The number of fused-ring (bicyclic) bond motifs is 1. The number of nitrogens with two attached hydrogens (primary N) is 1. The van der Waals surface area contributed by atoms with Crippen LogP contribution in [0.25, 0.3) is 11.1 Å². The minimum atomic E-state index is -0.413. The number of rotatable bonds is 2. The maximum atomic E-state index is 11.2. The zero-order chi connectivity index (χ0) is 13.4. The van der Waals surface area contributed by atoms with Crippen molar-refractivity contribution in [3.8, 4) is 0 Å². The van der Waals surface area contributed by atoms with E-state index in [0.717, 1.165) is 24.0 Å². The van der Waals surface area contributed by atoms with Crippen LogP contribution in [0.15, 0.2) is 27.4 Å². The molecule has 1 aliphatic carbocycles. The topological polar surface area (TPSA) is 75.3 Å². The van der Waals surface area contributed by atoms with Gasteiger partial charge in [0.25, 0.3) is 0 Å². The van der Waals surface area contributed by atoms with Gasteiger partial charge in [-0.25, -0.2) is 4.79 Å². The molecule has 0 bridgehead atoms. The Labute approximate surface area is 111 Å². The van der Waals surface area contributed by atoms with Crippen LogP contribution in [0.2, 0.25) is 0 Å². The molecule has 19 heavy (non-hydrogen) atoms. The summed E-state index contributed by atoms with van der Waals surface area (Å²) < 4.78 is 5.01. The Morgan fingerprint density at radius 3 is 2.95 bits per heavy atom. The molecule has 3 rings (SSSR count). The first-order valence-electron chi connectivity index (χ1n) is 6.76. The average molecular weight is 261 g/mol. The minimum Gasteiger partial charge on any atom is -0.408 e. The van der Waals surface area contributed by atoms with E-state index < -0.39 is 5.76 Å². The molecule has 0 aliphatic heterocycles. The first-order valence-corrected chi connectivity index (χ1v) is 6.76. The fourth-order valence-electron chi connectivity index (χ4n) is 2.97. The molecule has 0 spiro atoms. The Morgan fingerprint density at radius 1 is 1.37 bits per heavy atom. The second kappa shape index (κ2) is 4.74. The van der Waals surface area contributed by atoms with Crippen molar-refractivity contribution in [3.63, 3.8) is 0 Å².